The van der Waals surface area contributed by atoms with Crippen molar-refractivity contribution in [2.75, 3.05) is 11.9 Å². The molecule has 2 rings (SSSR count). The van der Waals surface area contributed by atoms with Gasteiger partial charge in [-0.05, 0) is 56.7 Å². The predicted octanol–water partition coefficient (Wildman–Crippen LogP) is 3.75. The number of rotatable bonds is 7. The second-order valence-electron chi connectivity index (χ2n) is 5.29. The molecule has 0 radical (unpaired) electrons. The van der Waals surface area contributed by atoms with E-state index in [2.05, 4.69) is 15.6 Å². The van der Waals surface area contributed by atoms with Crippen molar-refractivity contribution in [1.29, 1.82) is 0 Å². The smallest absolute Gasteiger partial charge is 0.251 e. The van der Waals surface area contributed by atoms with Crippen molar-refractivity contribution in [2.45, 2.75) is 33.2 Å². The number of aromatic nitrogens is 1. The Labute approximate surface area is 137 Å². The molecule has 23 heavy (non-hydrogen) atoms. The summed E-state index contributed by atoms with van der Waals surface area (Å²) in [6.07, 6.45) is 2.52. The number of ether oxygens (including phenoxy) is 1. The third-order valence-corrected chi connectivity index (χ3v) is 3.45. The SMILES string of the molecule is CCOc1ccc(Nc2cc(C(=O)NC(C)CC)ccn2)cc1. The molecule has 5 nitrogen and oxygen atoms in total. The van der Waals surface area contributed by atoms with E-state index in [1.54, 1.807) is 18.3 Å². The standard InChI is InChI=1S/C18H23N3O2/c1-4-13(3)20-18(22)14-10-11-19-17(12-14)21-15-6-8-16(9-7-15)23-5-2/h6-13H,4-5H2,1-3H3,(H,19,21)(H,20,22). The lowest BCUT2D eigenvalue weighted by Crippen LogP contribution is -2.31. The summed E-state index contributed by atoms with van der Waals surface area (Å²) in [7, 11) is 0. The molecule has 1 atom stereocenters. The van der Waals surface area contributed by atoms with Crippen molar-refractivity contribution in [1.82, 2.24) is 10.3 Å². The molecule has 1 amide bonds. The highest BCUT2D eigenvalue weighted by molar-refractivity contribution is 5.95. The minimum atomic E-state index is -0.0866. The van der Waals surface area contributed by atoms with Crippen LogP contribution in [0.15, 0.2) is 42.6 Å². The molecule has 5 heteroatoms. The number of hydrogen-bond donors (Lipinski definition) is 2. The number of pyridine rings is 1. The Balaban J connectivity index is 2.06. The fraction of sp³-hybridized carbons (Fsp3) is 0.333. The van der Waals surface area contributed by atoms with Crippen molar-refractivity contribution in [3.63, 3.8) is 0 Å². The van der Waals surface area contributed by atoms with E-state index in [-0.39, 0.29) is 11.9 Å². The topological polar surface area (TPSA) is 63.2 Å². The Bertz CT molecular complexity index is 641. The Morgan fingerprint density at radius 1 is 1.22 bits per heavy atom. The van der Waals surface area contributed by atoms with Crippen molar-refractivity contribution < 1.29 is 9.53 Å². The van der Waals surface area contributed by atoms with Gasteiger partial charge in [0, 0.05) is 23.5 Å². The molecule has 1 aromatic heterocycles. The highest BCUT2D eigenvalue weighted by Crippen LogP contribution is 2.19. The zero-order valence-corrected chi connectivity index (χ0v) is 13.8. The Hall–Kier alpha value is -2.56. The summed E-state index contributed by atoms with van der Waals surface area (Å²) in [6.45, 7) is 6.61. The van der Waals surface area contributed by atoms with Crippen LogP contribution < -0.4 is 15.4 Å². The van der Waals surface area contributed by atoms with Gasteiger partial charge in [0.1, 0.15) is 11.6 Å². The molecule has 0 saturated carbocycles. The molecular formula is C18H23N3O2. The lowest BCUT2D eigenvalue weighted by Gasteiger charge is -2.12. The number of hydrogen-bond acceptors (Lipinski definition) is 4. The van der Waals surface area contributed by atoms with Crippen molar-refractivity contribution in [3.8, 4) is 5.75 Å². The second-order valence-corrected chi connectivity index (χ2v) is 5.29. The van der Waals surface area contributed by atoms with E-state index in [0.29, 0.717) is 18.0 Å². The normalized spacial score (nSPS) is 11.6. The molecule has 1 heterocycles. The van der Waals surface area contributed by atoms with Crippen LogP contribution in [0.2, 0.25) is 0 Å². The predicted molar refractivity (Wildman–Crippen MR) is 92.3 cm³/mol. The summed E-state index contributed by atoms with van der Waals surface area (Å²) in [5.41, 5.74) is 1.48. The molecule has 1 aromatic carbocycles. The zero-order chi connectivity index (χ0) is 16.7. The van der Waals surface area contributed by atoms with E-state index in [1.165, 1.54) is 0 Å². The van der Waals surface area contributed by atoms with Crippen LogP contribution in [0.25, 0.3) is 0 Å². The summed E-state index contributed by atoms with van der Waals surface area (Å²) < 4.78 is 5.41. The first-order chi connectivity index (χ1) is 11.1. The molecule has 0 spiro atoms. The van der Waals surface area contributed by atoms with Crippen LogP contribution in [0.1, 0.15) is 37.6 Å². The summed E-state index contributed by atoms with van der Waals surface area (Å²) in [6, 6.07) is 11.2. The largest absolute Gasteiger partial charge is 0.494 e. The number of benzene rings is 1. The molecule has 0 bridgehead atoms. The number of anilines is 2. The van der Waals surface area contributed by atoms with Crippen LogP contribution in [0, 0.1) is 0 Å². The summed E-state index contributed by atoms with van der Waals surface area (Å²) in [5.74, 6) is 1.37. The van der Waals surface area contributed by atoms with E-state index in [4.69, 9.17) is 4.74 Å². The van der Waals surface area contributed by atoms with Gasteiger partial charge in [-0.25, -0.2) is 4.98 Å². The lowest BCUT2D eigenvalue weighted by atomic mass is 10.2. The molecule has 1 unspecified atom stereocenters. The van der Waals surface area contributed by atoms with Gasteiger partial charge in [-0.3, -0.25) is 4.79 Å². The number of carbonyl (C=O) groups is 1. The first-order valence-corrected chi connectivity index (χ1v) is 7.89. The minimum Gasteiger partial charge on any atom is -0.494 e. The highest BCUT2D eigenvalue weighted by atomic mass is 16.5. The van der Waals surface area contributed by atoms with E-state index >= 15 is 0 Å². The van der Waals surface area contributed by atoms with Crippen molar-refractivity contribution in [2.24, 2.45) is 0 Å². The summed E-state index contributed by atoms with van der Waals surface area (Å²) in [5, 5.41) is 6.14. The van der Waals surface area contributed by atoms with E-state index < -0.39 is 0 Å². The monoisotopic (exact) mass is 313 g/mol. The fourth-order valence-corrected chi connectivity index (χ4v) is 2.00. The quantitative estimate of drug-likeness (QED) is 0.817. The molecule has 0 aliphatic carbocycles. The maximum Gasteiger partial charge on any atom is 0.251 e. The average molecular weight is 313 g/mol. The van der Waals surface area contributed by atoms with Crippen LogP contribution in [-0.2, 0) is 0 Å². The van der Waals surface area contributed by atoms with Crippen LogP contribution in [0.3, 0.4) is 0 Å². The molecule has 0 fully saturated rings. The molecule has 2 N–H and O–H groups in total. The Morgan fingerprint density at radius 3 is 2.61 bits per heavy atom. The van der Waals surface area contributed by atoms with Gasteiger partial charge in [0.15, 0.2) is 0 Å². The van der Waals surface area contributed by atoms with Gasteiger partial charge in [-0.15, -0.1) is 0 Å². The van der Waals surface area contributed by atoms with Crippen LogP contribution >= 0.6 is 0 Å². The minimum absolute atomic E-state index is 0.0866. The summed E-state index contributed by atoms with van der Waals surface area (Å²) in [4.78, 5) is 16.4. The summed E-state index contributed by atoms with van der Waals surface area (Å²) >= 11 is 0. The lowest BCUT2D eigenvalue weighted by molar-refractivity contribution is 0.0939. The third-order valence-electron chi connectivity index (χ3n) is 3.45. The van der Waals surface area contributed by atoms with Crippen molar-refractivity contribution >= 4 is 17.4 Å². The zero-order valence-electron chi connectivity index (χ0n) is 13.8. The number of nitrogens with zero attached hydrogens (tertiary/aromatic N) is 1. The molecule has 0 aliphatic heterocycles. The van der Waals surface area contributed by atoms with Gasteiger partial charge in [0.2, 0.25) is 0 Å². The molecule has 2 aromatic rings. The van der Waals surface area contributed by atoms with E-state index in [1.807, 2.05) is 45.0 Å². The number of nitrogens with one attached hydrogen (secondary N) is 2. The molecular weight excluding hydrogens is 290 g/mol. The number of carbonyl (C=O) groups excluding carboxylic acids is 1. The van der Waals surface area contributed by atoms with E-state index in [9.17, 15) is 4.79 Å². The molecule has 122 valence electrons. The molecule has 0 saturated heterocycles. The second kappa shape index (κ2) is 8.17. The Kier molecular flexibility index (Phi) is 5.97. The van der Waals surface area contributed by atoms with Crippen LogP contribution in [0.5, 0.6) is 5.75 Å². The van der Waals surface area contributed by atoms with E-state index in [0.717, 1.165) is 17.9 Å². The van der Waals surface area contributed by atoms with Crippen molar-refractivity contribution in [3.05, 3.63) is 48.2 Å². The van der Waals surface area contributed by atoms with Crippen LogP contribution in [-0.4, -0.2) is 23.5 Å². The van der Waals surface area contributed by atoms with Gasteiger partial charge in [-0.1, -0.05) is 6.92 Å². The third kappa shape index (κ3) is 4.98. The fourth-order valence-electron chi connectivity index (χ4n) is 2.00. The highest BCUT2D eigenvalue weighted by Gasteiger charge is 2.09. The van der Waals surface area contributed by atoms with Gasteiger partial charge in [0.05, 0.1) is 6.61 Å². The average Bonchev–Trinajstić information content (AvgIpc) is 2.57. The van der Waals surface area contributed by atoms with Gasteiger partial charge in [0.25, 0.3) is 5.91 Å². The first kappa shape index (κ1) is 16.8. The van der Waals surface area contributed by atoms with Crippen LogP contribution in [0.4, 0.5) is 11.5 Å². The number of amides is 1. The van der Waals surface area contributed by atoms with Gasteiger partial charge < -0.3 is 15.4 Å². The molecule has 0 aliphatic rings. The maximum atomic E-state index is 12.2. The maximum absolute atomic E-state index is 12.2. The van der Waals surface area contributed by atoms with Gasteiger partial charge in [-0.2, -0.15) is 0 Å². The first-order valence-electron chi connectivity index (χ1n) is 7.89. The Morgan fingerprint density at radius 2 is 1.96 bits per heavy atom. The van der Waals surface area contributed by atoms with Gasteiger partial charge >= 0.3 is 0 Å².